The highest BCUT2D eigenvalue weighted by atomic mass is 19.3. The van der Waals surface area contributed by atoms with E-state index in [9.17, 15) is 13.6 Å². The molecule has 4 N–H and O–H groups in total. The van der Waals surface area contributed by atoms with Crippen LogP contribution in [-0.2, 0) is 4.79 Å². The van der Waals surface area contributed by atoms with Crippen LogP contribution in [0.1, 0.15) is 12.8 Å². The van der Waals surface area contributed by atoms with Gasteiger partial charge in [0.05, 0.1) is 0 Å². The molecule has 0 fully saturated rings. The molecule has 1 atom stereocenters. The van der Waals surface area contributed by atoms with Gasteiger partial charge in [-0.15, -0.1) is 0 Å². The van der Waals surface area contributed by atoms with Crippen LogP contribution in [0.2, 0.25) is 0 Å². The van der Waals surface area contributed by atoms with Crippen molar-refractivity contribution in [1.29, 1.82) is 0 Å². The van der Waals surface area contributed by atoms with Crippen LogP contribution in [0.15, 0.2) is 0 Å². The van der Waals surface area contributed by atoms with Crippen LogP contribution in [0.4, 0.5) is 8.78 Å². The summed E-state index contributed by atoms with van der Waals surface area (Å²) in [7, 11) is 1.21. The standard InChI is InChI=1S/C7H14F2N2O2/c1-11-7(5(8)9,6(12)13)3-2-4-10/h5,11H,2-4,10H2,1H3,(H,12,13)/t7-/m1/s1. The zero-order valence-corrected chi connectivity index (χ0v) is 7.39. The van der Waals surface area contributed by atoms with Crippen molar-refractivity contribution < 1.29 is 18.7 Å². The van der Waals surface area contributed by atoms with Gasteiger partial charge in [-0.25, -0.2) is 13.6 Å². The summed E-state index contributed by atoms with van der Waals surface area (Å²) >= 11 is 0. The van der Waals surface area contributed by atoms with Gasteiger partial charge in [0, 0.05) is 0 Å². The molecule has 13 heavy (non-hydrogen) atoms. The van der Waals surface area contributed by atoms with Crippen molar-refractivity contribution in [3.8, 4) is 0 Å². The van der Waals surface area contributed by atoms with Crippen LogP contribution >= 0.6 is 0 Å². The van der Waals surface area contributed by atoms with E-state index in [2.05, 4.69) is 5.32 Å². The lowest BCUT2D eigenvalue weighted by Gasteiger charge is -2.27. The Bertz CT molecular complexity index is 178. The second-order valence-electron chi connectivity index (χ2n) is 2.72. The van der Waals surface area contributed by atoms with E-state index in [0.717, 1.165) is 0 Å². The summed E-state index contributed by atoms with van der Waals surface area (Å²) in [6.07, 6.45) is -2.87. The molecule has 0 spiro atoms. The number of carboxylic acids is 1. The van der Waals surface area contributed by atoms with Gasteiger partial charge in [-0.3, -0.25) is 0 Å². The monoisotopic (exact) mass is 196 g/mol. The molecule has 0 aliphatic rings. The van der Waals surface area contributed by atoms with Gasteiger partial charge in [-0.05, 0) is 26.4 Å². The lowest BCUT2D eigenvalue weighted by molar-refractivity contribution is -0.152. The first-order valence-electron chi connectivity index (χ1n) is 3.91. The maximum Gasteiger partial charge on any atom is 0.329 e. The molecule has 0 aromatic carbocycles. The third-order valence-corrected chi connectivity index (χ3v) is 1.98. The predicted octanol–water partition coefficient (Wildman–Crippen LogP) is 0.0332. The number of likely N-dealkylation sites (N-methyl/N-ethyl adjacent to an activating group) is 1. The van der Waals surface area contributed by atoms with E-state index in [0.29, 0.717) is 0 Å². The molecule has 0 aromatic rings. The van der Waals surface area contributed by atoms with Crippen LogP contribution in [-0.4, -0.2) is 36.6 Å². The van der Waals surface area contributed by atoms with Crippen molar-refractivity contribution in [3.63, 3.8) is 0 Å². The average molecular weight is 196 g/mol. The lowest BCUT2D eigenvalue weighted by Crippen LogP contribution is -2.56. The molecule has 78 valence electrons. The Kier molecular flexibility index (Phi) is 4.79. The second-order valence-corrected chi connectivity index (χ2v) is 2.72. The van der Waals surface area contributed by atoms with Gasteiger partial charge in [-0.1, -0.05) is 0 Å². The van der Waals surface area contributed by atoms with Gasteiger partial charge >= 0.3 is 5.97 Å². The third-order valence-electron chi connectivity index (χ3n) is 1.98. The van der Waals surface area contributed by atoms with Crippen LogP contribution in [0, 0.1) is 0 Å². The summed E-state index contributed by atoms with van der Waals surface area (Å²) in [6, 6.07) is 0. The fourth-order valence-electron chi connectivity index (χ4n) is 1.03. The summed E-state index contributed by atoms with van der Waals surface area (Å²) in [6.45, 7) is 0.198. The minimum absolute atomic E-state index is 0.174. The smallest absolute Gasteiger partial charge is 0.329 e. The van der Waals surface area contributed by atoms with Crippen molar-refractivity contribution >= 4 is 5.97 Å². The van der Waals surface area contributed by atoms with Crippen molar-refractivity contribution in [3.05, 3.63) is 0 Å². The molecule has 0 saturated heterocycles. The van der Waals surface area contributed by atoms with Gasteiger partial charge in [0.25, 0.3) is 6.43 Å². The summed E-state index contributed by atoms with van der Waals surface area (Å²) in [4.78, 5) is 10.6. The second kappa shape index (κ2) is 5.08. The normalized spacial score (nSPS) is 15.8. The number of rotatable bonds is 6. The van der Waals surface area contributed by atoms with E-state index in [-0.39, 0.29) is 19.4 Å². The molecule has 0 unspecified atom stereocenters. The summed E-state index contributed by atoms with van der Waals surface area (Å²) in [5, 5.41) is 10.8. The Morgan fingerprint density at radius 1 is 1.69 bits per heavy atom. The SMILES string of the molecule is CN[C@@](CCCN)(C(=O)O)C(F)F. The topological polar surface area (TPSA) is 75.3 Å². The van der Waals surface area contributed by atoms with Gasteiger partial charge in [-0.2, -0.15) is 0 Å². The first kappa shape index (κ1) is 12.2. The highest BCUT2D eigenvalue weighted by Gasteiger charge is 2.45. The van der Waals surface area contributed by atoms with Gasteiger partial charge < -0.3 is 16.2 Å². The summed E-state index contributed by atoms with van der Waals surface area (Å²) < 4.78 is 24.9. The molecule has 4 nitrogen and oxygen atoms in total. The van der Waals surface area contributed by atoms with E-state index < -0.39 is 17.9 Å². The molecular formula is C7H14F2N2O2. The average Bonchev–Trinajstić information content (AvgIpc) is 2.05. The summed E-state index contributed by atoms with van der Waals surface area (Å²) in [5.74, 6) is -1.54. The Labute approximate surface area is 75.1 Å². The quantitative estimate of drug-likeness (QED) is 0.560. The minimum Gasteiger partial charge on any atom is -0.480 e. The Morgan fingerprint density at radius 2 is 2.23 bits per heavy atom. The molecule has 0 amide bonds. The first-order chi connectivity index (χ1) is 6.01. The van der Waals surface area contributed by atoms with E-state index >= 15 is 0 Å². The van der Waals surface area contributed by atoms with E-state index in [1.165, 1.54) is 7.05 Å². The maximum absolute atomic E-state index is 12.4. The number of nitrogens with two attached hydrogens (primary N) is 1. The highest BCUT2D eigenvalue weighted by molar-refractivity contribution is 5.79. The molecule has 0 aliphatic carbocycles. The number of aliphatic carboxylic acids is 1. The number of hydrogen-bond acceptors (Lipinski definition) is 3. The van der Waals surface area contributed by atoms with Gasteiger partial charge in [0.2, 0.25) is 0 Å². The molecule has 0 rings (SSSR count). The number of carboxylic acid groups (broad SMARTS) is 1. The van der Waals surface area contributed by atoms with Crippen LogP contribution < -0.4 is 11.1 Å². The minimum atomic E-state index is -2.94. The lowest BCUT2D eigenvalue weighted by atomic mass is 9.94. The van der Waals surface area contributed by atoms with Crippen LogP contribution in [0.3, 0.4) is 0 Å². The van der Waals surface area contributed by atoms with Crippen molar-refractivity contribution in [2.75, 3.05) is 13.6 Å². The molecule has 0 radical (unpaired) electrons. The van der Waals surface area contributed by atoms with Crippen molar-refractivity contribution in [2.45, 2.75) is 24.8 Å². The van der Waals surface area contributed by atoms with Crippen LogP contribution in [0.25, 0.3) is 0 Å². The van der Waals surface area contributed by atoms with E-state index in [1.807, 2.05) is 0 Å². The molecule has 0 heterocycles. The highest BCUT2D eigenvalue weighted by Crippen LogP contribution is 2.21. The van der Waals surface area contributed by atoms with Crippen LogP contribution in [0.5, 0.6) is 0 Å². The van der Waals surface area contributed by atoms with E-state index in [4.69, 9.17) is 10.8 Å². The molecule has 0 aliphatic heterocycles. The largest absolute Gasteiger partial charge is 0.480 e. The number of carbonyl (C=O) groups is 1. The first-order valence-corrected chi connectivity index (χ1v) is 3.91. The predicted molar refractivity (Wildman–Crippen MR) is 43.7 cm³/mol. The van der Waals surface area contributed by atoms with Crippen molar-refractivity contribution in [1.82, 2.24) is 5.32 Å². The molecule has 0 bridgehead atoms. The zero-order valence-electron chi connectivity index (χ0n) is 7.39. The van der Waals surface area contributed by atoms with Crippen molar-refractivity contribution in [2.24, 2.45) is 5.73 Å². The fraction of sp³-hybridized carbons (Fsp3) is 0.857. The summed E-state index contributed by atoms with van der Waals surface area (Å²) in [5.41, 5.74) is 2.97. The zero-order chi connectivity index (χ0) is 10.5. The van der Waals surface area contributed by atoms with Gasteiger partial charge in [0.1, 0.15) is 0 Å². The Morgan fingerprint density at radius 3 is 2.46 bits per heavy atom. The van der Waals surface area contributed by atoms with E-state index in [1.54, 1.807) is 0 Å². The number of halogens is 2. The maximum atomic E-state index is 12.4. The Hall–Kier alpha value is -0.750. The molecule has 0 saturated carbocycles. The molecule has 6 heteroatoms. The fourth-order valence-corrected chi connectivity index (χ4v) is 1.03. The number of hydrogen-bond donors (Lipinski definition) is 3. The van der Waals surface area contributed by atoms with Gasteiger partial charge in [0.15, 0.2) is 5.54 Å². The molecule has 0 aromatic heterocycles. The number of alkyl halides is 2. The number of nitrogens with one attached hydrogen (secondary N) is 1. The Balaban J connectivity index is 4.55. The molecular weight excluding hydrogens is 182 g/mol. The third kappa shape index (κ3) is 2.60.